The summed E-state index contributed by atoms with van der Waals surface area (Å²) in [5.74, 6) is 1.13. The molecule has 0 aromatic heterocycles. The molecule has 0 N–H and O–H groups in total. The molecule has 0 amide bonds. The third kappa shape index (κ3) is 2.50. The van der Waals surface area contributed by atoms with Crippen molar-refractivity contribution in [2.24, 2.45) is 11.8 Å². The van der Waals surface area contributed by atoms with Gasteiger partial charge in [-0.1, -0.05) is 32.1 Å². The molecule has 0 radical (unpaired) electrons. The summed E-state index contributed by atoms with van der Waals surface area (Å²) in [7, 11) is 0. The minimum absolute atomic E-state index is 0.558. The fourth-order valence-electron chi connectivity index (χ4n) is 0.653. The second-order valence-electron chi connectivity index (χ2n) is 2.73. The van der Waals surface area contributed by atoms with E-state index in [-0.39, 0.29) is 0 Å². The Hall–Kier alpha value is -0.520. The van der Waals surface area contributed by atoms with Crippen LogP contribution in [0.3, 0.4) is 0 Å². The Bertz CT molecular complexity index is 111. The molecule has 0 saturated heterocycles. The maximum absolute atomic E-state index is 3.88. The standard InChI is InChI=1S/C9H16/c1-6-8(4)9(5)7(2)3/h6,8-9H,1-2H2,3-5H3. The van der Waals surface area contributed by atoms with E-state index in [2.05, 4.69) is 33.9 Å². The van der Waals surface area contributed by atoms with Gasteiger partial charge in [0, 0.05) is 0 Å². The smallest absolute Gasteiger partial charge is 0.0177 e. The van der Waals surface area contributed by atoms with Gasteiger partial charge in [0.05, 0.1) is 0 Å². The molecule has 0 aliphatic heterocycles. The molecule has 0 fully saturated rings. The molecule has 9 heavy (non-hydrogen) atoms. The van der Waals surface area contributed by atoms with Crippen molar-refractivity contribution in [2.75, 3.05) is 0 Å². The van der Waals surface area contributed by atoms with Crippen LogP contribution in [0.5, 0.6) is 0 Å². The average Bonchev–Trinajstić information content (AvgIpc) is 1.84. The van der Waals surface area contributed by atoms with E-state index in [9.17, 15) is 0 Å². The van der Waals surface area contributed by atoms with E-state index in [1.807, 2.05) is 6.08 Å². The molecular formula is C9H16. The monoisotopic (exact) mass is 124 g/mol. The average molecular weight is 124 g/mol. The van der Waals surface area contributed by atoms with Crippen molar-refractivity contribution in [1.82, 2.24) is 0 Å². The first-order chi connectivity index (χ1) is 4.09. The Morgan fingerprint density at radius 2 is 1.89 bits per heavy atom. The zero-order valence-electron chi connectivity index (χ0n) is 6.65. The van der Waals surface area contributed by atoms with Crippen LogP contribution in [0.15, 0.2) is 24.8 Å². The first kappa shape index (κ1) is 8.48. The number of hydrogen-bond donors (Lipinski definition) is 0. The van der Waals surface area contributed by atoms with Crippen LogP contribution in [-0.2, 0) is 0 Å². The van der Waals surface area contributed by atoms with Gasteiger partial charge in [-0.15, -0.1) is 6.58 Å². The van der Waals surface area contributed by atoms with Crippen molar-refractivity contribution in [3.05, 3.63) is 24.8 Å². The summed E-state index contributed by atoms with van der Waals surface area (Å²) in [5, 5.41) is 0. The van der Waals surface area contributed by atoms with E-state index in [0.717, 1.165) is 0 Å². The summed E-state index contributed by atoms with van der Waals surface area (Å²) in [6, 6.07) is 0. The van der Waals surface area contributed by atoms with Crippen LogP contribution in [0.25, 0.3) is 0 Å². The molecule has 0 heterocycles. The van der Waals surface area contributed by atoms with Crippen molar-refractivity contribution in [2.45, 2.75) is 20.8 Å². The lowest BCUT2D eigenvalue weighted by Gasteiger charge is -2.15. The molecule has 2 unspecified atom stereocenters. The third-order valence-electron chi connectivity index (χ3n) is 1.94. The van der Waals surface area contributed by atoms with Gasteiger partial charge in [-0.3, -0.25) is 0 Å². The van der Waals surface area contributed by atoms with E-state index >= 15 is 0 Å². The molecule has 0 aromatic rings. The second-order valence-corrected chi connectivity index (χ2v) is 2.73. The molecule has 0 aliphatic carbocycles. The highest BCUT2D eigenvalue weighted by atomic mass is 14.1. The van der Waals surface area contributed by atoms with Gasteiger partial charge >= 0.3 is 0 Å². The van der Waals surface area contributed by atoms with Crippen molar-refractivity contribution in [3.8, 4) is 0 Å². The maximum atomic E-state index is 3.88. The predicted molar refractivity (Wildman–Crippen MR) is 43.3 cm³/mol. The van der Waals surface area contributed by atoms with Crippen LogP contribution in [0, 0.1) is 11.8 Å². The fourth-order valence-corrected chi connectivity index (χ4v) is 0.653. The lowest BCUT2D eigenvalue weighted by atomic mass is 9.91. The molecule has 0 rings (SSSR count). The number of allylic oxidation sites excluding steroid dienone is 2. The van der Waals surface area contributed by atoms with Gasteiger partial charge in [0.15, 0.2) is 0 Å². The van der Waals surface area contributed by atoms with Crippen LogP contribution in [-0.4, -0.2) is 0 Å². The van der Waals surface area contributed by atoms with Gasteiger partial charge < -0.3 is 0 Å². The minimum atomic E-state index is 0.558. The van der Waals surface area contributed by atoms with Crippen molar-refractivity contribution < 1.29 is 0 Å². The molecule has 0 bridgehead atoms. The SMILES string of the molecule is C=CC(C)C(C)C(=C)C. The summed E-state index contributed by atoms with van der Waals surface area (Å²) in [6.07, 6.45) is 1.97. The summed E-state index contributed by atoms with van der Waals surface area (Å²) in [5.41, 5.74) is 1.24. The zero-order valence-corrected chi connectivity index (χ0v) is 6.65. The van der Waals surface area contributed by atoms with Gasteiger partial charge in [0.2, 0.25) is 0 Å². The fraction of sp³-hybridized carbons (Fsp3) is 0.556. The highest BCUT2D eigenvalue weighted by Gasteiger charge is 2.07. The predicted octanol–water partition coefficient (Wildman–Crippen LogP) is 3.02. The van der Waals surface area contributed by atoms with Gasteiger partial charge in [-0.05, 0) is 18.8 Å². The molecule has 0 nitrogen and oxygen atoms in total. The minimum Gasteiger partial charge on any atom is -0.103 e. The molecule has 0 spiro atoms. The Labute approximate surface area is 58.3 Å². The Kier molecular flexibility index (Phi) is 3.29. The largest absolute Gasteiger partial charge is 0.103 e. The van der Waals surface area contributed by atoms with Crippen molar-refractivity contribution in [1.29, 1.82) is 0 Å². The van der Waals surface area contributed by atoms with Crippen LogP contribution in [0.1, 0.15) is 20.8 Å². The summed E-state index contributed by atoms with van der Waals surface area (Å²) >= 11 is 0. The van der Waals surface area contributed by atoms with E-state index in [0.29, 0.717) is 11.8 Å². The van der Waals surface area contributed by atoms with Gasteiger partial charge in [0.25, 0.3) is 0 Å². The molecular weight excluding hydrogens is 108 g/mol. The maximum Gasteiger partial charge on any atom is -0.0177 e. The van der Waals surface area contributed by atoms with Crippen LogP contribution in [0.2, 0.25) is 0 Å². The van der Waals surface area contributed by atoms with E-state index in [1.54, 1.807) is 0 Å². The first-order valence-electron chi connectivity index (χ1n) is 3.37. The lowest BCUT2D eigenvalue weighted by molar-refractivity contribution is 0.532. The molecule has 0 heteroatoms. The molecule has 52 valence electrons. The first-order valence-corrected chi connectivity index (χ1v) is 3.37. The van der Waals surface area contributed by atoms with E-state index in [1.165, 1.54) is 5.57 Å². The van der Waals surface area contributed by atoms with Gasteiger partial charge in [-0.25, -0.2) is 0 Å². The summed E-state index contributed by atoms with van der Waals surface area (Å²) in [4.78, 5) is 0. The lowest BCUT2D eigenvalue weighted by Crippen LogP contribution is -2.04. The zero-order chi connectivity index (χ0) is 7.44. The molecule has 0 saturated carbocycles. The van der Waals surface area contributed by atoms with Crippen LogP contribution >= 0.6 is 0 Å². The Balaban J connectivity index is 3.86. The highest BCUT2D eigenvalue weighted by Crippen LogP contribution is 2.18. The molecule has 0 aliphatic rings. The number of rotatable bonds is 3. The number of hydrogen-bond acceptors (Lipinski definition) is 0. The van der Waals surface area contributed by atoms with Crippen LogP contribution < -0.4 is 0 Å². The third-order valence-corrected chi connectivity index (χ3v) is 1.94. The Morgan fingerprint density at radius 3 is 2.00 bits per heavy atom. The quantitative estimate of drug-likeness (QED) is 0.507. The topological polar surface area (TPSA) is 0 Å². The van der Waals surface area contributed by atoms with Gasteiger partial charge in [-0.2, -0.15) is 0 Å². The summed E-state index contributed by atoms with van der Waals surface area (Å²) < 4.78 is 0. The normalized spacial score (nSPS) is 16.3. The second kappa shape index (κ2) is 3.49. The highest BCUT2D eigenvalue weighted by molar-refractivity contribution is 4.99. The summed E-state index contributed by atoms with van der Waals surface area (Å²) in [6.45, 7) is 14.0. The van der Waals surface area contributed by atoms with E-state index in [4.69, 9.17) is 0 Å². The van der Waals surface area contributed by atoms with Crippen LogP contribution in [0.4, 0.5) is 0 Å². The van der Waals surface area contributed by atoms with E-state index < -0.39 is 0 Å². The van der Waals surface area contributed by atoms with Gasteiger partial charge in [0.1, 0.15) is 0 Å². The Morgan fingerprint density at radius 1 is 1.44 bits per heavy atom. The van der Waals surface area contributed by atoms with Crippen molar-refractivity contribution in [3.63, 3.8) is 0 Å². The molecule has 2 atom stereocenters. The van der Waals surface area contributed by atoms with Crippen molar-refractivity contribution >= 4 is 0 Å². The molecule has 0 aromatic carbocycles.